The van der Waals surface area contributed by atoms with Gasteiger partial charge in [-0.05, 0) is 46.9 Å². The van der Waals surface area contributed by atoms with Crippen LogP contribution in [0.2, 0.25) is 0 Å². The molecule has 0 bridgehead atoms. The van der Waals surface area contributed by atoms with E-state index < -0.39 is 5.91 Å². The monoisotopic (exact) mass is 448 g/mol. The number of nitrogens with two attached hydrogens (primary N) is 1. The van der Waals surface area contributed by atoms with Gasteiger partial charge in [0, 0.05) is 28.4 Å². The average molecular weight is 449 g/mol. The molecule has 0 spiro atoms. The summed E-state index contributed by atoms with van der Waals surface area (Å²) in [6.07, 6.45) is 3.69. The van der Waals surface area contributed by atoms with Crippen LogP contribution >= 0.6 is 23.1 Å². The van der Waals surface area contributed by atoms with Gasteiger partial charge >= 0.3 is 0 Å². The summed E-state index contributed by atoms with van der Waals surface area (Å²) in [6.45, 7) is 4.36. The maximum Gasteiger partial charge on any atom is 0.259 e. The maximum absolute atomic E-state index is 13.3. The third-order valence-electron chi connectivity index (χ3n) is 4.91. The first kappa shape index (κ1) is 21.3. The summed E-state index contributed by atoms with van der Waals surface area (Å²) in [6, 6.07) is 18.5. The van der Waals surface area contributed by atoms with Crippen molar-refractivity contribution in [2.75, 3.05) is 0 Å². The molecule has 1 amide bonds. The second-order valence-corrected chi connectivity index (χ2v) is 9.86. The number of rotatable bonds is 6. The molecule has 0 aliphatic heterocycles. The van der Waals surface area contributed by atoms with E-state index in [0.717, 1.165) is 20.2 Å². The van der Waals surface area contributed by atoms with Crippen LogP contribution in [0, 0.1) is 5.82 Å². The number of hydrogen-bond donors (Lipinski definition) is 1. The molecular formula is C25H21FN2OS2. The molecule has 2 aromatic carbocycles. The van der Waals surface area contributed by atoms with Crippen LogP contribution in [0.5, 0.6) is 0 Å². The average Bonchev–Trinajstić information content (AvgIpc) is 3.18. The highest BCUT2D eigenvalue weighted by molar-refractivity contribution is 8.01. The molecule has 2 N–H and O–H groups in total. The van der Waals surface area contributed by atoms with E-state index in [2.05, 4.69) is 43.1 Å². The highest BCUT2D eigenvalue weighted by atomic mass is 32.2. The molecule has 0 radical (unpaired) electrons. The zero-order valence-corrected chi connectivity index (χ0v) is 18.8. The molecule has 31 heavy (non-hydrogen) atoms. The number of amides is 1. The van der Waals surface area contributed by atoms with Gasteiger partial charge in [-0.1, -0.05) is 62.0 Å². The lowest BCUT2D eigenvalue weighted by molar-refractivity contribution is 0.100. The van der Waals surface area contributed by atoms with Crippen LogP contribution in [0.15, 0.2) is 82.2 Å². The molecule has 0 saturated carbocycles. The number of carbonyl (C=O) groups excluding carboxylic acids is 1. The molecular weight excluding hydrogens is 427 g/mol. The molecule has 0 fully saturated rings. The van der Waals surface area contributed by atoms with Crippen LogP contribution < -0.4 is 5.73 Å². The molecule has 6 heteroatoms. The van der Waals surface area contributed by atoms with Crippen LogP contribution in [-0.4, -0.2) is 10.9 Å². The number of thiophene rings is 1. The quantitative estimate of drug-likeness (QED) is 0.346. The Hall–Kier alpha value is -2.96. The van der Waals surface area contributed by atoms with E-state index in [4.69, 9.17) is 5.73 Å². The third-order valence-corrected chi connectivity index (χ3v) is 7.14. The van der Waals surface area contributed by atoms with Crippen molar-refractivity contribution in [3.05, 3.63) is 89.3 Å². The summed E-state index contributed by atoms with van der Waals surface area (Å²) in [7, 11) is 0. The van der Waals surface area contributed by atoms with E-state index in [9.17, 15) is 9.18 Å². The molecule has 2 heterocycles. The fraction of sp³-hybridized carbons (Fsp3) is 0.120. The predicted molar refractivity (Wildman–Crippen MR) is 126 cm³/mol. The van der Waals surface area contributed by atoms with Gasteiger partial charge in [0.05, 0.1) is 4.21 Å². The highest BCUT2D eigenvalue weighted by Gasteiger charge is 2.17. The molecule has 0 saturated heterocycles. The fourth-order valence-corrected chi connectivity index (χ4v) is 5.63. The second-order valence-electron chi connectivity index (χ2n) is 7.43. The van der Waals surface area contributed by atoms with E-state index in [-0.39, 0.29) is 5.82 Å². The van der Waals surface area contributed by atoms with Crippen molar-refractivity contribution in [3.8, 4) is 22.3 Å². The van der Waals surface area contributed by atoms with Crippen molar-refractivity contribution in [2.45, 2.75) is 28.9 Å². The Morgan fingerprint density at radius 1 is 1.00 bits per heavy atom. The molecule has 2 aromatic heterocycles. The molecule has 0 atom stereocenters. The Morgan fingerprint density at radius 3 is 2.45 bits per heavy atom. The Balaban J connectivity index is 1.68. The zero-order chi connectivity index (χ0) is 22.0. The first-order chi connectivity index (χ1) is 14.9. The number of halogens is 1. The summed E-state index contributed by atoms with van der Waals surface area (Å²) >= 11 is 2.87. The van der Waals surface area contributed by atoms with Gasteiger partial charge in [0.2, 0.25) is 0 Å². The van der Waals surface area contributed by atoms with E-state index in [1.165, 1.54) is 46.4 Å². The minimum absolute atomic E-state index is 0.321. The number of nitrogens with zero attached hydrogens (tertiary/aromatic N) is 1. The van der Waals surface area contributed by atoms with Crippen molar-refractivity contribution in [1.29, 1.82) is 0 Å². The van der Waals surface area contributed by atoms with Crippen LogP contribution in [0.25, 0.3) is 22.3 Å². The summed E-state index contributed by atoms with van der Waals surface area (Å²) in [5, 5.41) is 0. The van der Waals surface area contributed by atoms with E-state index in [0.29, 0.717) is 16.4 Å². The summed E-state index contributed by atoms with van der Waals surface area (Å²) < 4.78 is 14.2. The molecule has 0 unspecified atom stereocenters. The largest absolute Gasteiger partial charge is 0.365 e. The van der Waals surface area contributed by atoms with Gasteiger partial charge in [0.15, 0.2) is 0 Å². The minimum Gasteiger partial charge on any atom is -0.365 e. The van der Waals surface area contributed by atoms with E-state index in [1.807, 2.05) is 24.5 Å². The Morgan fingerprint density at radius 2 is 1.74 bits per heavy atom. The number of hydrogen-bond acceptors (Lipinski definition) is 4. The summed E-state index contributed by atoms with van der Waals surface area (Å²) in [5.41, 5.74) is 10.6. The van der Waals surface area contributed by atoms with Gasteiger partial charge in [0.25, 0.3) is 5.91 Å². The van der Waals surface area contributed by atoms with Crippen LogP contribution in [0.1, 0.15) is 35.0 Å². The van der Waals surface area contributed by atoms with Gasteiger partial charge in [-0.25, -0.2) is 4.39 Å². The zero-order valence-electron chi connectivity index (χ0n) is 17.1. The first-order valence-electron chi connectivity index (χ1n) is 9.84. The van der Waals surface area contributed by atoms with E-state index >= 15 is 0 Å². The lowest BCUT2D eigenvalue weighted by Gasteiger charge is -2.13. The number of pyridine rings is 1. The highest BCUT2D eigenvalue weighted by Crippen LogP contribution is 2.40. The van der Waals surface area contributed by atoms with Crippen LogP contribution in [0.4, 0.5) is 4.39 Å². The van der Waals surface area contributed by atoms with Gasteiger partial charge in [-0.15, -0.1) is 11.3 Å². The minimum atomic E-state index is -0.492. The number of benzene rings is 2. The standard InChI is InChI=1S/C25H21FN2OS2/c1-15(2)20-5-3-4-6-21(20)17-11-19(14-28-13-17)30-23-12-22(24(31-23)25(27)29)16-7-9-18(26)10-8-16/h3-15H,1-2H3,(H2,27,29). The Labute approximate surface area is 189 Å². The van der Waals surface area contributed by atoms with Crippen molar-refractivity contribution < 1.29 is 9.18 Å². The van der Waals surface area contributed by atoms with Crippen LogP contribution in [-0.2, 0) is 0 Å². The lowest BCUT2D eigenvalue weighted by Crippen LogP contribution is -2.09. The first-order valence-corrected chi connectivity index (χ1v) is 11.5. The van der Waals surface area contributed by atoms with Crippen molar-refractivity contribution in [1.82, 2.24) is 4.98 Å². The topological polar surface area (TPSA) is 56.0 Å². The third kappa shape index (κ3) is 4.70. The van der Waals surface area contributed by atoms with Crippen LogP contribution in [0.3, 0.4) is 0 Å². The molecule has 4 rings (SSSR count). The van der Waals surface area contributed by atoms with Gasteiger partial charge in [-0.3, -0.25) is 9.78 Å². The van der Waals surface area contributed by atoms with Gasteiger partial charge in [-0.2, -0.15) is 0 Å². The van der Waals surface area contributed by atoms with E-state index in [1.54, 1.807) is 12.1 Å². The molecule has 3 nitrogen and oxygen atoms in total. The maximum atomic E-state index is 13.3. The van der Waals surface area contributed by atoms with Crippen molar-refractivity contribution >= 4 is 29.0 Å². The van der Waals surface area contributed by atoms with Gasteiger partial charge < -0.3 is 5.73 Å². The SMILES string of the molecule is CC(C)c1ccccc1-c1cncc(Sc2cc(-c3ccc(F)cc3)c(C(N)=O)s2)c1. The molecule has 4 aromatic rings. The number of carbonyl (C=O) groups is 1. The van der Waals surface area contributed by atoms with Crippen molar-refractivity contribution in [2.24, 2.45) is 5.73 Å². The predicted octanol–water partition coefficient (Wildman–Crippen LogP) is 6.99. The number of primary amides is 1. The summed E-state index contributed by atoms with van der Waals surface area (Å²) in [5.74, 6) is -0.408. The Kier molecular flexibility index (Phi) is 6.20. The number of aromatic nitrogens is 1. The second kappa shape index (κ2) is 9.04. The Bertz CT molecular complexity index is 1230. The molecule has 0 aliphatic carbocycles. The summed E-state index contributed by atoms with van der Waals surface area (Å²) in [4.78, 5) is 17.9. The van der Waals surface area contributed by atoms with Crippen molar-refractivity contribution in [3.63, 3.8) is 0 Å². The van der Waals surface area contributed by atoms with Gasteiger partial charge in [0.1, 0.15) is 10.7 Å². The smallest absolute Gasteiger partial charge is 0.259 e. The lowest BCUT2D eigenvalue weighted by atomic mass is 9.93. The normalized spacial score (nSPS) is 11.1. The molecule has 0 aliphatic rings. The molecule has 156 valence electrons. The fourth-order valence-electron chi connectivity index (χ4n) is 3.45.